The Morgan fingerprint density at radius 2 is 1.90 bits per heavy atom. The number of methoxy groups -OCH3 is 1. The molecule has 0 aliphatic carbocycles. The van der Waals surface area contributed by atoms with Gasteiger partial charge in [-0.3, -0.25) is 14.7 Å². The van der Waals surface area contributed by atoms with Gasteiger partial charge >= 0.3 is 0 Å². The molecule has 1 aliphatic rings. The second-order valence-electron chi connectivity index (χ2n) is 7.76. The van der Waals surface area contributed by atoms with E-state index in [-0.39, 0.29) is 35.9 Å². The van der Waals surface area contributed by atoms with Gasteiger partial charge in [0, 0.05) is 26.2 Å². The van der Waals surface area contributed by atoms with Crippen LogP contribution in [0.2, 0.25) is 0 Å². The number of hydrogen-bond donors (Lipinski definition) is 3. The van der Waals surface area contributed by atoms with Crippen LogP contribution in [0.15, 0.2) is 29.3 Å². The van der Waals surface area contributed by atoms with E-state index < -0.39 is 5.41 Å². The Hall–Kier alpha value is -1.59. The second-order valence-corrected chi connectivity index (χ2v) is 7.76. The summed E-state index contributed by atoms with van der Waals surface area (Å²) in [4.78, 5) is 18.6. The van der Waals surface area contributed by atoms with Gasteiger partial charge in [0.15, 0.2) is 5.96 Å². The molecule has 1 aromatic carbocycles. The number of hydrogen-bond acceptors (Lipinski definition) is 5. The monoisotopic (exact) mass is 533 g/mol. The van der Waals surface area contributed by atoms with Crippen molar-refractivity contribution in [1.82, 2.24) is 15.5 Å². The fraction of sp³-hybridized carbons (Fsp3) is 0.619. The van der Waals surface area contributed by atoms with Crippen molar-refractivity contribution in [3.63, 3.8) is 0 Å². The van der Waals surface area contributed by atoms with Gasteiger partial charge in [-0.1, -0.05) is 12.1 Å². The molecule has 4 N–H and O–H groups in total. The van der Waals surface area contributed by atoms with E-state index in [2.05, 4.69) is 32.7 Å². The number of benzene rings is 1. The molecule has 0 radical (unpaired) electrons. The Morgan fingerprint density at radius 3 is 2.43 bits per heavy atom. The predicted molar refractivity (Wildman–Crippen MR) is 130 cm³/mol. The van der Waals surface area contributed by atoms with Crippen LogP contribution in [-0.2, 0) is 9.53 Å². The van der Waals surface area contributed by atoms with Crippen LogP contribution in [0, 0.1) is 5.41 Å². The number of nitrogens with one attached hydrogen (secondary N) is 2. The lowest BCUT2D eigenvalue weighted by Gasteiger charge is -2.35. The summed E-state index contributed by atoms with van der Waals surface area (Å²) in [6, 6.07) is 8.33. The van der Waals surface area contributed by atoms with Crippen molar-refractivity contribution in [3.05, 3.63) is 29.8 Å². The van der Waals surface area contributed by atoms with Crippen LogP contribution >= 0.6 is 24.0 Å². The first-order valence-electron chi connectivity index (χ1n) is 10.1. The molecular weight excluding hydrogens is 497 g/mol. The molecule has 0 spiro atoms. The van der Waals surface area contributed by atoms with Crippen molar-refractivity contribution in [2.24, 2.45) is 16.1 Å². The topological polar surface area (TPSA) is 101 Å². The van der Waals surface area contributed by atoms with Gasteiger partial charge in [0.1, 0.15) is 5.75 Å². The number of halogens is 1. The van der Waals surface area contributed by atoms with E-state index in [4.69, 9.17) is 15.2 Å². The Kier molecular flexibility index (Phi) is 11.4. The van der Waals surface area contributed by atoms with E-state index >= 15 is 0 Å². The minimum Gasteiger partial charge on any atom is -0.497 e. The standard InChI is InChI=1S/C21H35N5O3.HI/c1-5-23-20(25-15-21(2,3)19(22)27)24-14-18(26-10-12-29-13-11-26)16-6-8-17(28-4)9-7-16;/h6-9,18H,5,10-15H2,1-4H3,(H2,22,27)(H2,23,24,25);1H. The van der Waals surface area contributed by atoms with Gasteiger partial charge in [-0.25, -0.2) is 0 Å². The number of carbonyl (C=O) groups is 1. The SMILES string of the molecule is CCNC(=NCC(C)(C)C(N)=O)NCC(c1ccc(OC)cc1)N1CCOCC1.I. The number of primary amides is 1. The fourth-order valence-corrected chi connectivity index (χ4v) is 3.06. The number of morpholine rings is 1. The summed E-state index contributed by atoms with van der Waals surface area (Å²) in [6.07, 6.45) is 0. The lowest BCUT2D eigenvalue weighted by molar-refractivity contribution is -0.125. The van der Waals surface area contributed by atoms with Crippen molar-refractivity contribution < 1.29 is 14.3 Å². The maximum absolute atomic E-state index is 11.6. The normalized spacial score (nSPS) is 16.3. The van der Waals surface area contributed by atoms with Crippen LogP contribution in [0.4, 0.5) is 0 Å². The van der Waals surface area contributed by atoms with E-state index in [1.807, 2.05) is 19.1 Å². The highest BCUT2D eigenvalue weighted by Crippen LogP contribution is 2.23. The predicted octanol–water partition coefficient (Wildman–Crippen LogP) is 1.75. The molecule has 9 heteroatoms. The molecule has 1 heterocycles. The third kappa shape index (κ3) is 7.92. The van der Waals surface area contributed by atoms with E-state index in [1.54, 1.807) is 21.0 Å². The Bertz CT molecular complexity index is 676. The molecule has 2 rings (SSSR count). The van der Waals surface area contributed by atoms with Gasteiger partial charge in [-0.05, 0) is 38.5 Å². The average molecular weight is 533 g/mol. The molecular formula is C21H36IN5O3. The molecule has 1 saturated heterocycles. The first-order chi connectivity index (χ1) is 13.9. The van der Waals surface area contributed by atoms with Gasteiger partial charge in [0.05, 0.1) is 38.3 Å². The van der Waals surface area contributed by atoms with Crippen LogP contribution in [0.25, 0.3) is 0 Å². The zero-order chi connectivity index (χ0) is 21.3. The highest BCUT2D eigenvalue weighted by Gasteiger charge is 2.25. The maximum atomic E-state index is 11.6. The summed E-state index contributed by atoms with van der Waals surface area (Å²) >= 11 is 0. The van der Waals surface area contributed by atoms with Gasteiger partial charge in [0.2, 0.25) is 5.91 Å². The van der Waals surface area contributed by atoms with Gasteiger partial charge in [0.25, 0.3) is 0 Å². The first-order valence-corrected chi connectivity index (χ1v) is 10.1. The molecule has 170 valence electrons. The molecule has 8 nitrogen and oxygen atoms in total. The quantitative estimate of drug-likeness (QED) is 0.254. The van der Waals surface area contributed by atoms with Crippen LogP contribution in [0.5, 0.6) is 5.75 Å². The molecule has 1 fully saturated rings. The number of carbonyl (C=O) groups excluding carboxylic acids is 1. The first kappa shape index (κ1) is 26.4. The van der Waals surface area contributed by atoms with E-state index in [0.717, 1.165) is 38.6 Å². The second kappa shape index (κ2) is 13.0. The number of guanidine groups is 1. The highest BCUT2D eigenvalue weighted by molar-refractivity contribution is 14.0. The molecule has 1 amide bonds. The number of nitrogens with two attached hydrogens (primary N) is 1. The third-order valence-corrected chi connectivity index (χ3v) is 5.09. The van der Waals surface area contributed by atoms with Crippen molar-refractivity contribution in [1.29, 1.82) is 0 Å². The molecule has 1 aliphatic heterocycles. The molecule has 0 bridgehead atoms. The summed E-state index contributed by atoms with van der Waals surface area (Å²) in [5, 5.41) is 6.68. The average Bonchev–Trinajstić information content (AvgIpc) is 2.73. The number of nitrogens with zero attached hydrogens (tertiary/aromatic N) is 2. The number of rotatable bonds is 9. The number of ether oxygens (including phenoxy) is 2. The van der Waals surface area contributed by atoms with Gasteiger partial charge in [-0.15, -0.1) is 24.0 Å². The van der Waals surface area contributed by atoms with E-state index in [1.165, 1.54) is 5.56 Å². The fourth-order valence-electron chi connectivity index (χ4n) is 3.06. The number of aliphatic imine (C=N–C) groups is 1. The Balaban J connectivity index is 0.00000450. The molecule has 1 atom stereocenters. The third-order valence-electron chi connectivity index (χ3n) is 5.09. The van der Waals surface area contributed by atoms with E-state index in [9.17, 15) is 4.79 Å². The minimum absolute atomic E-state index is 0. The van der Waals surface area contributed by atoms with Gasteiger partial charge in [-0.2, -0.15) is 0 Å². The highest BCUT2D eigenvalue weighted by atomic mass is 127. The Morgan fingerprint density at radius 1 is 1.27 bits per heavy atom. The van der Waals surface area contributed by atoms with Crippen LogP contribution in [0.1, 0.15) is 32.4 Å². The van der Waals surface area contributed by atoms with E-state index in [0.29, 0.717) is 19.0 Å². The summed E-state index contributed by atoms with van der Waals surface area (Å²) < 4.78 is 10.8. The lowest BCUT2D eigenvalue weighted by Crippen LogP contribution is -2.46. The zero-order valence-corrected chi connectivity index (χ0v) is 20.8. The van der Waals surface area contributed by atoms with Crippen LogP contribution in [-0.4, -0.2) is 69.8 Å². The molecule has 1 aromatic rings. The largest absolute Gasteiger partial charge is 0.497 e. The zero-order valence-electron chi connectivity index (χ0n) is 18.4. The summed E-state index contributed by atoms with van der Waals surface area (Å²) in [5.74, 6) is 1.15. The summed E-state index contributed by atoms with van der Waals surface area (Å²) in [6.45, 7) is 10.6. The molecule has 0 aromatic heterocycles. The Labute approximate surface area is 197 Å². The van der Waals surface area contributed by atoms with Crippen molar-refractivity contribution in [2.45, 2.75) is 26.8 Å². The number of amides is 1. The molecule has 30 heavy (non-hydrogen) atoms. The summed E-state index contributed by atoms with van der Waals surface area (Å²) in [5.41, 5.74) is 5.98. The minimum atomic E-state index is -0.693. The van der Waals surface area contributed by atoms with Gasteiger partial charge < -0.3 is 25.8 Å². The smallest absolute Gasteiger partial charge is 0.224 e. The van der Waals surface area contributed by atoms with Crippen molar-refractivity contribution in [3.8, 4) is 5.75 Å². The van der Waals surface area contributed by atoms with Crippen LogP contribution in [0.3, 0.4) is 0 Å². The lowest BCUT2D eigenvalue weighted by atomic mass is 9.93. The maximum Gasteiger partial charge on any atom is 0.224 e. The van der Waals surface area contributed by atoms with Crippen LogP contribution < -0.4 is 21.1 Å². The molecule has 1 unspecified atom stereocenters. The molecule has 0 saturated carbocycles. The van der Waals surface area contributed by atoms with Crippen molar-refractivity contribution >= 4 is 35.8 Å². The van der Waals surface area contributed by atoms with Crippen molar-refractivity contribution in [2.75, 3.05) is 53.0 Å². The summed E-state index contributed by atoms with van der Waals surface area (Å²) in [7, 11) is 1.67.